The molecule has 0 spiro atoms. The Morgan fingerprint density at radius 1 is 1.21 bits per heavy atom. The molecular formula is C22H36FN3OS. The first-order chi connectivity index (χ1) is 13.7. The van der Waals surface area contributed by atoms with Gasteiger partial charge in [-0.25, -0.2) is 4.39 Å². The minimum Gasteiger partial charge on any atom is -0.376 e. The van der Waals surface area contributed by atoms with Gasteiger partial charge in [-0.1, -0.05) is 31.7 Å². The van der Waals surface area contributed by atoms with Crippen molar-refractivity contribution in [2.75, 3.05) is 26.2 Å². The van der Waals surface area contributed by atoms with Crippen LogP contribution in [0, 0.1) is 46.8 Å². The van der Waals surface area contributed by atoms with E-state index in [2.05, 4.69) is 23.0 Å². The molecule has 0 amide bonds. The zero-order valence-corrected chi connectivity index (χ0v) is 17.9. The van der Waals surface area contributed by atoms with E-state index in [9.17, 15) is 9.65 Å². The lowest BCUT2D eigenvalue weighted by molar-refractivity contribution is -0.0183. The lowest BCUT2D eigenvalue weighted by Crippen LogP contribution is -2.46. The molecule has 2 aliphatic carbocycles. The van der Waals surface area contributed by atoms with E-state index in [1.807, 2.05) is 11.9 Å². The summed E-state index contributed by atoms with van der Waals surface area (Å²) in [6.45, 7) is 6.22. The topological polar surface area (TPSA) is 57.1 Å². The highest BCUT2D eigenvalue weighted by molar-refractivity contribution is 7.98. The monoisotopic (exact) mass is 409 g/mol. The number of halogens is 1. The van der Waals surface area contributed by atoms with Crippen molar-refractivity contribution in [2.24, 2.45) is 35.5 Å². The Kier molecular flexibility index (Phi) is 7.20. The van der Waals surface area contributed by atoms with Crippen molar-refractivity contribution in [3.05, 3.63) is 0 Å². The third kappa shape index (κ3) is 4.53. The highest BCUT2D eigenvalue weighted by atomic mass is 32.2. The van der Waals surface area contributed by atoms with Crippen molar-refractivity contribution in [3.63, 3.8) is 0 Å². The number of ether oxygens (including phenoxy) is 1. The third-order valence-electron chi connectivity index (χ3n) is 7.87. The molecule has 2 heterocycles. The molecular weight excluding hydrogens is 373 g/mol. The summed E-state index contributed by atoms with van der Waals surface area (Å²) in [5.74, 6) is 2.66. The van der Waals surface area contributed by atoms with E-state index in [0.717, 1.165) is 45.5 Å². The first-order valence-electron chi connectivity index (χ1n) is 11.4. The van der Waals surface area contributed by atoms with Crippen molar-refractivity contribution >= 4 is 11.9 Å². The van der Waals surface area contributed by atoms with Crippen LogP contribution in [-0.4, -0.2) is 43.8 Å². The van der Waals surface area contributed by atoms with E-state index in [-0.39, 0.29) is 5.92 Å². The quantitative estimate of drug-likeness (QED) is 0.689. The Labute approximate surface area is 173 Å². The molecule has 0 aromatic heterocycles. The van der Waals surface area contributed by atoms with Crippen LogP contribution in [0.15, 0.2) is 0 Å². The lowest BCUT2D eigenvalue weighted by atomic mass is 9.60. The summed E-state index contributed by atoms with van der Waals surface area (Å²) in [5.41, 5.74) is 0. The van der Waals surface area contributed by atoms with Crippen LogP contribution in [0.5, 0.6) is 0 Å². The van der Waals surface area contributed by atoms with Gasteiger partial charge in [0.05, 0.1) is 24.7 Å². The summed E-state index contributed by atoms with van der Waals surface area (Å²) in [4.78, 5) is 0. The van der Waals surface area contributed by atoms with Gasteiger partial charge in [0.15, 0.2) is 0 Å². The second-order valence-electron chi connectivity index (χ2n) is 9.60. The number of rotatable bonds is 4. The van der Waals surface area contributed by atoms with Crippen LogP contribution in [0.25, 0.3) is 0 Å². The summed E-state index contributed by atoms with van der Waals surface area (Å²) in [6.07, 6.45) is 6.73. The molecule has 9 atom stereocenters. The molecule has 2 aliphatic heterocycles. The predicted octanol–water partition coefficient (Wildman–Crippen LogP) is 3.93. The Hall–Kier alpha value is -0.350. The molecule has 0 radical (unpaired) electrons. The minimum atomic E-state index is -0.928. The van der Waals surface area contributed by atoms with Crippen LogP contribution < -0.4 is 10.0 Å². The number of nitriles is 1. The van der Waals surface area contributed by atoms with Crippen LogP contribution in [0.3, 0.4) is 0 Å². The number of alkyl halides is 1. The fraction of sp³-hybridized carbons (Fsp3) is 0.955. The van der Waals surface area contributed by atoms with E-state index >= 15 is 0 Å². The Morgan fingerprint density at radius 3 is 2.79 bits per heavy atom. The lowest BCUT2D eigenvalue weighted by Gasteiger charge is -2.48. The molecule has 0 aromatic carbocycles. The molecule has 9 unspecified atom stereocenters. The predicted molar refractivity (Wildman–Crippen MR) is 111 cm³/mol. The molecule has 4 nitrogen and oxygen atoms in total. The van der Waals surface area contributed by atoms with Gasteiger partial charge in [0, 0.05) is 24.9 Å². The average molecular weight is 410 g/mol. The SMILES string of the molecule is CC1CNSC1C1C(CC2CNCCO2)CCCC1C1CCC(C#N)C(F)C1. The summed E-state index contributed by atoms with van der Waals surface area (Å²) < 4.78 is 24.2. The summed E-state index contributed by atoms with van der Waals surface area (Å²) in [7, 11) is 0. The second kappa shape index (κ2) is 9.64. The van der Waals surface area contributed by atoms with Crippen molar-refractivity contribution < 1.29 is 9.13 Å². The molecule has 0 bridgehead atoms. The minimum absolute atomic E-state index is 0.331. The van der Waals surface area contributed by atoms with E-state index in [4.69, 9.17) is 4.74 Å². The maximum atomic E-state index is 14.6. The van der Waals surface area contributed by atoms with E-state index in [1.165, 1.54) is 19.3 Å². The Morgan fingerprint density at radius 2 is 2.11 bits per heavy atom. The maximum absolute atomic E-state index is 14.6. The van der Waals surface area contributed by atoms with Gasteiger partial charge < -0.3 is 10.1 Å². The number of morpholine rings is 1. The van der Waals surface area contributed by atoms with E-state index < -0.39 is 6.17 Å². The van der Waals surface area contributed by atoms with Gasteiger partial charge in [0.25, 0.3) is 0 Å². The summed E-state index contributed by atoms with van der Waals surface area (Å²) >= 11 is 1.94. The molecule has 2 saturated heterocycles. The molecule has 6 heteroatoms. The van der Waals surface area contributed by atoms with Gasteiger partial charge in [0.1, 0.15) is 6.17 Å². The van der Waals surface area contributed by atoms with Gasteiger partial charge in [-0.3, -0.25) is 4.72 Å². The van der Waals surface area contributed by atoms with E-state index in [0.29, 0.717) is 47.4 Å². The third-order valence-corrected chi connectivity index (χ3v) is 9.25. The molecule has 28 heavy (non-hydrogen) atoms. The van der Waals surface area contributed by atoms with Gasteiger partial charge in [0.2, 0.25) is 0 Å². The van der Waals surface area contributed by atoms with Crippen LogP contribution in [0.4, 0.5) is 4.39 Å². The molecule has 4 aliphatic rings. The summed E-state index contributed by atoms with van der Waals surface area (Å²) in [5, 5.41) is 13.3. The zero-order valence-electron chi connectivity index (χ0n) is 17.1. The van der Waals surface area contributed by atoms with Gasteiger partial charge in [-0.2, -0.15) is 5.26 Å². The summed E-state index contributed by atoms with van der Waals surface area (Å²) in [6, 6.07) is 2.20. The first kappa shape index (κ1) is 20.9. The van der Waals surface area contributed by atoms with Crippen LogP contribution in [0.2, 0.25) is 0 Å². The average Bonchev–Trinajstić information content (AvgIpc) is 3.14. The number of nitrogens with zero attached hydrogens (tertiary/aromatic N) is 1. The molecule has 4 rings (SSSR count). The highest BCUT2D eigenvalue weighted by Gasteiger charge is 2.47. The normalized spacial score (nSPS) is 47.5. The second-order valence-corrected chi connectivity index (χ2v) is 10.7. The molecule has 2 saturated carbocycles. The smallest absolute Gasteiger partial charge is 0.116 e. The highest BCUT2D eigenvalue weighted by Crippen LogP contribution is 2.52. The van der Waals surface area contributed by atoms with Gasteiger partial charge >= 0.3 is 0 Å². The maximum Gasteiger partial charge on any atom is 0.116 e. The van der Waals surface area contributed by atoms with Gasteiger partial charge in [-0.05, 0) is 61.7 Å². The number of nitrogens with one attached hydrogen (secondary N) is 2. The first-order valence-corrected chi connectivity index (χ1v) is 12.3. The van der Waals surface area contributed by atoms with E-state index in [1.54, 1.807) is 0 Å². The van der Waals surface area contributed by atoms with Crippen molar-refractivity contribution in [3.8, 4) is 6.07 Å². The largest absolute Gasteiger partial charge is 0.376 e. The molecule has 0 aromatic rings. The van der Waals surface area contributed by atoms with Crippen LogP contribution >= 0.6 is 11.9 Å². The van der Waals surface area contributed by atoms with Crippen LogP contribution in [-0.2, 0) is 4.74 Å². The van der Waals surface area contributed by atoms with Crippen molar-refractivity contribution in [1.29, 1.82) is 5.26 Å². The molecule has 2 N–H and O–H groups in total. The van der Waals surface area contributed by atoms with Crippen LogP contribution in [0.1, 0.15) is 51.9 Å². The fourth-order valence-corrected chi connectivity index (χ4v) is 7.90. The number of hydrogen-bond donors (Lipinski definition) is 2. The zero-order chi connectivity index (χ0) is 19.5. The Balaban J connectivity index is 1.51. The van der Waals surface area contributed by atoms with Gasteiger partial charge in [-0.15, -0.1) is 0 Å². The molecule has 158 valence electrons. The Bertz CT molecular complexity index is 552. The fourth-order valence-electron chi connectivity index (χ4n) is 6.44. The molecule has 4 fully saturated rings. The number of hydrogen-bond acceptors (Lipinski definition) is 5. The van der Waals surface area contributed by atoms with Crippen molar-refractivity contribution in [2.45, 2.75) is 69.4 Å². The van der Waals surface area contributed by atoms with Crippen molar-refractivity contribution in [1.82, 2.24) is 10.0 Å². The standard InChI is InChI=1S/C22H36FN3OS/c1-14-12-26-28-22(14)21-16(9-18-13-25-7-8-27-18)3-2-4-19(21)15-5-6-17(11-24)20(23)10-15/h14-22,25-26H,2-10,12-13H2,1H3.